The average Bonchev–Trinajstić information content (AvgIpc) is 3.21. The zero-order valence-corrected chi connectivity index (χ0v) is 16.7. The Labute approximate surface area is 175 Å². The summed E-state index contributed by atoms with van der Waals surface area (Å²) in [6.45, 7) is 3.38. The first kappa shape index (κ1) is 22.0. The van der Waals surface area contributed by atoms with Gasteiger partial charge in [0.15, 0.2) is 6.10 Å². The van der Waals surface area contributed by atoms with Crippen molar-refractivity contribution in [2.45, 2.75) is 44.8 Å². The lowest BCUT2D eigenvalue weighted by Gasteiger charge is -2.29. The number of rotatable bonds is 8. The lowest BCUT2D eigenvalue weighted by molar-refractivity contribution is -0.274. The van der Waals surface area contributed by atoms with Gasteiger partial charge < -0.3 is 19.7 Å². The van der Waals surface area contributed by atoms with E-state index in [1.54, 1.807) is 24.0 Å². The molecule has 2 unspecified atom stereocenters. The van der Waals surface area contributed by atoms with Crippen LogP contribution in [0.3, 0.4) is 0 Å². The minimum absolute atomic E-state index is 0. The molecule has 1 saturated heterocycles. The Morgan fingerprint density at radius 3 is 2.47 bits per heavy atom. The summed E-state index contributed by atoms with van der Waals surface area (Å²) in [5.41, 5.74) is 0.711. The molecule has 1 heterocycles. The SMILES string of the molecule is CC(Oc1ccccc1)C(=O)N(Cc1ccc(OC(F)(F)F)cc1)CC1CCCN1.[HH]. The smallest absolute Gasteiger partial charge is 0.481 e. The van der Waals surface area contributed by atoms with E-state index in [0.29, 0.717) is 17.9 Å². The van der Waals surface area contributed by atoms with Crippen molar-refractivity contribution < 1.29 is 28.9 Å². The van der Waals surface area contributed by atoms with Crippen molar-refractivity contribution in [2.24, 2.45) is 0 Å². The van der Waals surface area contributed by atoms with Crippen LogP contribution in [-0.4, -0.2) is 42.4 Å². The monoisotopic (exact) mass is 424 g/mol. The fourth-order valence-corrected chi connectivity index (χ4v) is 3.44. The molecular weight excluding hydrogens is 397 g/mol. The van der Waals surface area contributed by atoms with Gasteiger partial charge in [0.1, 0.15) is 11.5 Å². The summed E-state index contributed by atoms with van der Waals surface area (Å²) in [6.07, 6.45) is -3.41. The van der Waals surface area contributed by atoms with Crippen LogP contribution in [-0.2, 0) is 11.3 Å². The molecule has 164 valence electrons. The number of carbonyl (C=O) groups is 1. The van der Waals surface area contributed by atoms with Gasteiger partial charge in [-0.05, 0) is 56.1 Å². The van der Waals surface area contributed by atoms with Crippen molar-refractivity contribution in [1.29, 1.82) is 0 Å². The molecule has 0 bridgehead atoms. The molecule has 8 heteroatoms. The molecule has 1 aliphatic rings. The molecule has 0 radical (unpaired) electrons. The van der Waals surface area contributed by atoms with Crippen molar-refractivity contribution in [3.63, 3.8) is 0 Å². The molecule has 0 aliphatic carbocycles. The second-order valence-electron chi connectivity index (χ2n) is 7.28. The number of carbonyl (C=O) groups excluding carboxylic acids is 1. The van der Waals surface area contributed by atoms with Gasteiger partial charge in [-0.1, -0.05) is 30.3 Å². The Balaban J connectivity index is 0.00000341. The van der Waals surface area contributed by atoms with Crippen LogP contribution in [0.4, 0.5) is 13.2 Å². The largest absolute Gasteiger partial charge is 0.573 e. The van der Waals surface area contributed by atoms with Crippen molar-refractivity contribution in [2.75, 3.05) is 13.1 Å². The Kier molecular flexibility index (Phi) is 7.20. The number of hydrogen-bond acceptors (Lipinski definition) is 4. The Morgan fingerprint density at radius 2 is 1.87 bits per heavy atom. The molecule has 30 heavy (non-hydrogen) atoms. The first-order valence-corrected chi connectivity index (χ1v) is 9.89. The third-order valence-electron chi connectivity index (χ3n) is 4.85. The summed E-state index contributed by atoms with van der Waals surface area (Å²) >= 11 is 0. The van der Waals surface area contributed by atoms with Crippen LogP contribution in [0.1, 0.15) is 26.8 Å². The molecule has 1 N–H and O–H groups in total. The van der Waals surface area contributed by atoms with E-state index in [1.165, 1.54) is 24.3 Å². The van der Waals surface area contributed by atoms with E-state index in [0.717, 1.165) is 19.4 Å². The third kappa shape index (κ3) is 6.66. The second kappa shape index (κ2) is 9.84. The average molecular weight is 424 g/mol. The number of alkyl halides is 3. The van der Waals surface area contributed by atoms with Crippen LogP contribution in [0.25, 0.3) is 0 Å². The highest BCUT2D eigenvalue weighted by Crippen LogP contribution is 2.23. The van der Waals surface area contributed by atoms with E-state index >= 15 is 0 Å². The molecule has 0 aromatic heterocycles. The summed E-state index contributed by atoms with van der Waals surface area (Å²) in [5, 5.41) is 3.37. The highest BCUT2D eigenvalue weighted by Gasteiger charge is 2.31. The molecule has 1 amide bonds. The lowest BCUT2D eigenvalue weighted by atomic mass is 10.1. The number of nitrogens with zero attached hydrogens (tertiary/aromatic N) is 1. The molecule has 2 aromatic carbocycles. The van der Waals surface area contributed by atoms with Gasteiger partial charge in [-0.3, -0.25) is 4.79 Å². The molecule has 1 aliphatic heterocycles. The van der Waals surface area contributed by atoms with Gasteiger partial charge in [0, 0.05) is 20.6 Å². The van der Waals surface area contributed by atoms with Gasteiger partial charge in [0.2, 0.25) is 0 Å². The van der Waals surface area contributed by atoms with Gasteiger partial charge >= 0.3 is 6.36 Å². The number of hydrogen-bond donors (Lipinski definition) is 1. The normalized spacial score (nSPS) is 17.4. The fourth-order valence-electron chi connectivity index (χ4n) is 3.44. The third-order valence-corrected chi connectivity index (χ3v) is 4.85. The van der Waals surface area contributed by atoms with Crippen LogP contribution in [0.2, 0.25) is 0 Å². The predicted octanol–water partition coefficient (Wildman–Crippen LogP) is 4.38. The number of para-hydroxylation sites is 1. The Bertz CT molecular complexity index is 813. The van der Waals surface area contributed by atoms with Crippen LogP contribution < -0.4 is 14.8 Å². The minimum Gasteiger partial charge on any atom is -0.481 e. The summed E-state index contributed by atoms with van der Waals surface area (Å²) < 4.78 is 46.8. The van der Waals surface area contributed by atoms with E-state index in [2.05, 4.69) is 10.1 Å². The maximum absolute atomic E-state index is 13.1. The highest BCUT2D eigenvalue weighted by atomic mass is 19.4. The molecule has 1 fully saturated rings. The van der Waals surface area contributed by atoms with Crippen LogP contribution in [0.15, 0.2) is 54.6 Å². The van der Waals surface area contributed by atoms with Crippen LogP contribution in [0, 0.1) is 0 Å². The minimum atomic E-state index is -4.73. The van der Waals surface area contributed by atoms with Gasteiger partial charge in [-0.15, -0.1) is 13.2 Å². The predicted molar refractivity (Wildman–Crippen MR) is 108 cm³/mol. The van der Waals surface area contributed by atoms with Gasteiger partial charge in [0.05, 0.1) is 0 Å². The zero-order chi connectivity index (χ0) is 21.6. The molecule has 5 nitrogen and oxygen atoms in total. The maximum Gasteiger partial charge on any atom is 0.573 e. The number of amides is 1. The molecule has 0 spiro atoms. The lowest BCUT2D eigenvalue weighted by Crippen LogP contribution is -2.45. The molecule has 3 rings (SSSR count). The first-order chi connectivity index (χ1) is 14.3. The number of nitrogens with one attached hydrogen (secondary N) is 1. The van der Waals surface area contributed by atoms with E-state index in [1.807, 2.05) is 18.2 Å². The van der Waals surface area contributed by atoms with Gasteiger partial charge in [0.25, 0.3) is 5.91 Å². The quantitative estimate of drug-likeness (QED) is 0.683. The first-order valence-electron chi connectivity index (χ1n) is 9.89. The van der Waals surface area contributed by atoms with Crippen molar-refractivity contribution in [3.05, 3.63) is 60.2 Å². The highest BCUT2D eigenvalue weighted by molar-refractivity contribution is 5.81. The van der Waals surface area contributed by atoms with E-state index in [4.69, 9.17) is 4.74 Å². The van der Waals surface area contributed by atoms with E-state index in [9.17, 15) is 18.0 Å². The summed E-state index contributed by atoms with van der Waals surface area (Å²) in [7, 11) is 0. The van der Waals surface area contributed by atoms with Crippen molar-refractivity contribution in [3.8, 4) is 11.5 Å². The van der Waals surface area contributed by atoms with Crippen LogP contribution in [0.5, 0.6) is 11.5 Å². The summed E-state index contributed by atoms with van der Waals surface area (Å²) in [4.78, 5) is 14.8. The molecule has 2 aromatic rings. The molecule has 2 atom stereocenters. The van der Waals surface area contributed by atoms with E-state index in [-0.39, 0.29) is 25.7 Å². The molecular formula is C22H27F3N2O3. The fraction of sp³-hybridized carbons (Fsp3) is 0.409. The van der Waals surface area contributed by atoms with Crippen molar-refractivity contribution in [1.82, 2.24) is 10.2 Å². The Morgan fingerprint density at radius 1 is 1.17 bits per heavy atom. The standard InChI is InChI=1S/C22H25F3N2O3.H2/c1-16(29-19-7-3-2-4-8-19)21(28)27(15-18-6-5-13-26-18)14-17-9-11-20(12-10-17)30-22(23,24)25;/h2-4,7-12,16,18,26H,5-6,13-15H2,1H3;1H. The topological polar surface area (TPSA) is 50.8 Å². The van der Waals surface area contributed by atoms with Crippen LogP contribution >= 0.6 is 0 Å². The van der Waals surface area contributed by atoms with Gasteiger partial charge in [-0.2, -0.15) is 0 Å². The number of ether oxygens (including phenoxy) is 2. The van der Waals surface area contributed by atoms with Gasteiger partial charge in [-0.25, -0.2) is 0 Å². The summed E-state index contributed by atoms with van der Waals surface area (Å²) in [5.74, 6) is 0.136. The summed E-state index contributed by atoms with van der Waals surface area (Å²) in [6, 6.07) is 14.9. The zero-order valence-electron chi connectivity index (χ0n) is 16.7. The van der Waals surface area contributed by atoms with E-state index < -0.39 is 12.5 Å². The second-order valence-corrected chi connectivity index (χ2v) is 7.28. The maximum atomic E-state index is 13.1. The number of benzene rings is 2. The number of halogens is 3. The van der Waals surface area contributed by atoms with Crippen molar-refractivity contribution >= 4 is 5.91 Å². The Hall–Kier alpha value is -2.74. The molecule has 0 saturated carbocycles.